The van der Waals surface area contributed by atoms with Crippen molar-refractivity contribution in [1.29, 1.82) is 0 Å². The van der Waals surface area contributed by atoms with E-state index in [0.717, 1.165) is 6.42 Å². The molecule has 0 amide bonds. The van der Waals surface area contributed by atoms with E-state index >= 15 is 0 Å². The number of ether oxygens (including phenoxy) is 2. The van der Waals surface area contributed by atoms with Crippen LogP contribution < -0.4 is 0 Å². The van der Waals surface area contributed by atoms with Gasteiger partial charge in [-0.25, -0.2) is 0 Å². The molecule has 3 nitrogen and oxygen atoms in total. The van der Waals surface area contributed by atoms with Crippen LogP contribution in [0.4, 0.5) is 0 Å². The summed E-state index contributed by atoms with van der Waals surface area (Å²) in [5.74, 6) is -0.0266. The topological polar surface area (TPSA) is 35.5 Å². The van der Waals surface area contributed by atoms with E-state index in [9.17, 15) is 4.79 Å². The molecule has 0 saturated carbocycles. The van der Waals surface area contributed by atoms with Gasteiger partial charge in [0.1, 0.15) is 6.10 Å². The molecule has 0 aliphatic carbocycles. The Labute approximate surface area is 52.9 Å². The van der Waals surface area contributed by atoms with Crippen LogP contribution in [0.3, 0.4) is 0 Å². The van der Waals surface area contributed by atoms with Crippen LogP contribution in [0.5, 0.6) is 0 Å². The smallest absolute Gasteiger partial charge is 0.311 e. The summed E-state index contributed by atoms with van der Waals surface area (Å²) in [6.45, 7) is 1.16. The average Bonchev–Trinajstić information content (AvgIpc) is 2.09. The van der Waals surface area contributed by atoms with Crippen LogP contribution in [0.2, 0.25) is 0 Å². The van der Waals surface area contributed by atoms with Gasteiger partial charge in [-0.3, -0.25) is 4.79 Å². The quantitative estimate of drug-likeness (QED) is 0.429. The average molecular weight is 128 g/mol. The van der Waals surface area contributed by atoms with Crippen molar-refractivity contribution >= 4 is 5.97 Å². The summed E-state index contributed by atoms with van der Waals surface area (Å²) in [4.78, 5) is 10.8. The zero-order chi connectivity index (χ0) is 6.27. The molecule has 9 heavy (non-hydrogen) atoms. The van der Waals surface area contributed by atoms with E-state index in [1.54, 1.807) is 0 Å². The van der Waals surface area contributed by atoms with E-state index < -0.39 is 0 Å². The molecule has 0 aromatic rings. The lowest BCUT2D eigenvalue weighted by molar-refractivity contribution is -0.142. The SMILES string of the molecule is O=C1O[C@@H]2COC[C@H]1C2. The lowest BCUT2D eigenvalue weighted by Gasteiger charge is -2.13. The summed E-state index contributed by atoms with van der Waals surface area (Å²) in [5.41, 5.74) is 0. The molecule has 50 valence electrons. The zero-order valence-electron chi connectivity index (χ0n) is 5.00. The van der Waals surface area contributed by atoms with E-state index in [2.05, 4.69) is 0 Å². The lowest BCUT2D eigenvalue weighted by atomic mass is 10.1. The molecule has 3 heteroatoms. The summed E-state index contributed by atoms with van der Waals surface area (Å²) < 4.78 is 10.0. The molecule has 0 spiro atoms. The summed E-state index contributed by atoms with van der Waals surface area (Å²) in [7, 11) is 0. The van der Waals surface area contributed by atoms with E-state index in [4.69, 9.17) is 9.47 Å². The minimum atomic E-state index is -0.0718. The fraction of sp³-hybridized carbons (Fsp3) is 0.833. The first-order valence-corrected chi connectivity index (χ1v) is 3.14. The van der Waals surface area contributed by atoms with Crippen molar-refractivity contribution < 1.29 is 14.3 Å². The predicted molar refractivity (Wildman–Crippen MR) is 28.8 cm³/mol. The highest BCUT2D eigenvalue weighted by atomic mass is 16.6. The third kappa shape index (κ3) is 0.721. The second kappa shape index (κ2) is 1.70. The first-order valence-electron chi connectivity index (χ1n) is 3.14. The molecule has 2 bridgehead atoms. The molecule has 2 fully saturated rings. The molecule has 0 N–H and O–H groups in total. The largest absolute Gasteiger partial charge is 0.460 e. The normalized spacial score (nSPS) is 40.7. The predicted octanol–water partition coefficient (Wildman–Crippen LogP) is -0.0517. The first-order chi connectivity index (χ1) is 4.36. The molecule has 2 atom stereocenters. The molecule has 2 aliphatic heterocycles. The van der Waals surface area contributed by atoms with Crippen LogP contribution in [0.15, 0.2) is 0 Å². The van der Waals surface area contributed by atoms with Gasteiger partial charge in [0.25, 0.3) is 0 Å². The number of carbonyl (C=O) groups is 1. The summed E-state index contributed by atoms with van der Waals surface area (Å²) >= 11 is 0. The Morgan fingerprint density at radius 3 is 3.00 bits per heavy atom. The minimum absolute atomic E-state index is 0.0451. The first kappa shape index (κ1) is 5.23. The monoisotopic (exact) mass is 128 g/mol. The molecular formula is C6H8O3. The van der Waals surface area contributed by atoms with Crippen molar-refractivity contribution in [3.8, 4) is 0 Å². The van der Waals surface area contributed by atoms with Crippen molar-refractivity contribution in [2.24, 2.45) is 5.92 Å². The number of hydrogen-bond acceptors (Lipinski definition) is 3. The molecule has 0 aromatic carbocycles. The fourth-order valence-corrected chi connectivity index (χ4v) is 1.30. The molecular weight excluding hydrogens is 120 g/mol. The second-order valence-corrected chi connectivity index (χ2v) is 2.53. The fourth-order valence-electron chi connectivity index (χ4n) is 1.30. The van der Waals surface area contributed by atoms with E-state index in [1.807, 2.05) is 0 Å². The number of esters is 1. The van der Waals surface area contributed by atoms with Crippen LogP contribution in [0.1, 0.15) is 6.42 Å². The molecule has 2 saturated heterocycles. The third-order valence-corrected chi connectivity index (χ3v) is 1.79. The summed E-state index contributed by atoms with van der Waals surface area (Å²) in [6.07, 6.45) is 0.940. The van der Waals surface area contributed by atoms with Crippen molar-refractivity contribution in [3.63, 3.8) is 0 Å². The summed E-state index contributed by atoms with van der Waals surface area (Å²) in [6, 6.07) is 0. The second-order valence-electron chi connectivity index (χ2n) is 2.53. The Balaban J connectivity index is 2.15. The van der Waals surface area contributed by atoms with Crippen LogP contribution in [-0.4, -0.2) is 25.3 Å². The highest BCUT2D eigenvalue weighted by molar-refractivity contribution is 5.75. The molecule has 2 aliphatic rings. The number of carbonyl (C=O) groups excluding carboxylic acids is 1. The Hall–Kier alpha value is -0.570. The number of hydrogen-bond donors (Lipinski definition) is 0. The Morgan fingerprint density at radius 2 is 2.33 bits per heavy atom. The van der Waals surface area contributed by atoms with Crippen LogP contribution in [0, 0.1) is 5.92 Å². The Bertz CT molecular complexity index is 143. The van der Waals surface area contributed by atoms with Crippen LogP contribution >= 0.6 is 0 Å². The van der Waals surface area contributed by atoms with Gasteiger partial charge in [0.05, 0.1) is 19.1 Å². The van der Waals surface area contributed by atoms with E-state index in [-0.39, 0.29) is 18.0 Å². The van der Waals surface area contributed by atoms with Gasteiger partial charge in [-0.15, -0.1) is 0 Å². The van der Waals surface area contributed by atoms with Crippen molar-refractivity contribution in [2.75, 3.05) is 13.2 Å². The van der Waals surface area contributed by atoms with Gasteiger partial charge in [0.15, 0.2) is 0 Å². The van der Waals surface area contributed by atoms with Crippen molar-refractivity contribution in [1.82, 2.24) is 0 Å². The van der Waals surface area contributed by atoms with E-state index in [1.165, 1.54) is 0 Å². The number of rotatable bonds is 0. The van der Waals surface area contributed by atoms with Gasteiger partial charge in [0, 0.05) is 6.42 Å². The zero-order valence-corrected chi connectivity index (χ0v) is 5.00. The van der Waals surface area contributed by atoms with Crippen molar-refractivity contribution in [2.45, 2.75) is 12.5 Å². The van der Waals surface area contributed by atoms with Crippen LogP contribution in [-0.2, 0) is 14.3 Å². The Morgan fingerprint density at radius 1 is 1.44 bits per heavy atom. The Kier molecular flexibility index (Phi) is 0.990. The molecule has 0 unspecified atom stereocenters. The van der Waals surface area contributed by atoms with Gasteiger partial charge in [-0.05, 0) is 0 Å². The molecule has 2 rings (SSSR count). The molecule has 2 heterocycles. The lowest BCUT2D eigenvalue weighted by Crippen LogP contribution is -2.22. The highest BCUT2D eigenvalue weighted by Crippen LogP contribution is 2.25. The number of fused-ring (bicyclic) bond motifs is 2. The molecule has 0 radical (unpaired) electrons. The maximum atomic E-state index is 10.8. The third-order valence-electron chi connectivity index (χ3n) is 1.79. The van der Waals surface area contributed by atoms with Crippen LogP contribution in [0.25, 0.3) is 0 Å². The molecule has 0 aromatic heterocycles. The minimum Gasteiger partial charge on any atom is -0.460 e. The van der Waals surface area contributed by atoms with Gasteiger partial charge in [-0.1, -0.05) is 0 Å². The maximum Gasteiger partial charge on any atom is 0.311 e. The van der Waals surface area contributed by atoms with Gasteiger partial charge < -0.3 is 9.47 Å². The highest BCUT2D eigenvalue weighted by Gasteiger charge is 2.38. The summed E-state index contributed by atoms with van der Waals surface area (Å²) in [5, 5.41) is 0. The van der Waals surface area contributed by atoms with Gasteiger partial charge in [-0.2, -0.15) is 0 Å². The van der Waals surface area contributed by atoms with Crippen molar-refractivity contribution in [3.05, 3.63) is 0 Å². The van der Waals surface area contributed by atoms with E-state index in [0.29, 0.717) is 13.2 Å². The van der Waals surface area contributed by atoms with Gasteiger partial charge >= 0.3 is 5.97 Å². The standard InChI is InChI=1S/C6H8O3/c7-6-4-1-5(9-6)3-8-2-4/h4-5H,1-3H2/t4-,5+/m1/s1. The van der Waals surface area contributed by atoms with Gasteiger partial charge in [0.2, 0.25) is 0 Å². The maximum absolute atomic E-state index is 10.8.